The Hall–Kier alpha value is -4.84. The van der Waals surface area contributed by atoms with Crippen LogP contribution in [0.2, 0.25) is 0 Å². The summed E-state index contributed by atoms with van der Waals surface area (Å²) in [6.07, 6.45) is 0. The molecule has 38 heavy (non-hydrogen) atoms. The third-order valence-corrected chi connectivity index (χ3v) is 6.69. The zero-order valence-corrected chi connectivity index (χ0v) is 21.5. The highest BCUT2D eigenvalue weighted by Gasteiger charge is 2.26. The summed E-state index contributed by atoms with van der Waals surface area (Å²) in [5, 5.41) is 18.7. The third kappa shape index (κ3) is 4.76. The van der Waals surface area contributed by atoms with Crippen LogP contribution in [0.25, 0.3) is 33.9 Å². The maximum atomic E-state index is 4.69. The van der Waals surface area contributed by atoms with Crippen molar-refractivity contribution in [3.05, 3.63) is 131 Å². The van der Waals surface area contributed by atoms with Gasteiger partial charge in [0.25, 0.3) is 0 Å². The van der Waals surface area contributed by atoms with Crippen LogP contribution in [0, 0.1) is 13.8 Å². The van der Waals surface area contributed by atoms with Crippen LogP contribution in [0.15, 0.2) is 109 Å². The maximum absolute atomic E-state index is 4.69. The molecule has 4 aromatic carbocycles. The van der Waals surface area contributed by atoms with Gasteiger partial charge in [-0.3, -0.25) is 0 Å². The smallest absolute Gasteiger partial charge is 0.122 e. The van der Waals surface area contributed by atoms with Crippen molar-refractivity contribution in [2.75, 3.05) is 0 Å². The summed E-state index contributed by atoms with van der Waals surface area (Å²) >= 11 is 0. The Labute approximate surface area is 222 Å². The van der Waals surface area contributed by atoms with Crippen LogP contribution in [-0.2, 0) is 13.1 Å². The Morgan fingerprint density at radius 1 is 0.474 bits per heavy atom. The first kappa shape index (κ1) is 23.6. The fraction of sp³-hybridized carbons (Fsp3) is 0.125. The molecule has 0 aliphatic heterocycles. The Bertz CT molecular complexity index is 1520. The molecular formula is C32H28N6. The summed E-state index contributed by atoms with van der Waals surface area (Å²) in [5.41, 5.74) is 10.2. The molecule has 6 aromatic rings. The number of benzene rings is 4. The summed E-state index contributed by atoms with van der Waals surface area (Å²) in [4.78, 5) is 0. The molecule has 0 saturated heterocycles. The molecular weight excluding hydrogens is 468 g/mol. The van der Waals surface area contributed by atoms with E-state index in [9.17, 15) is 0 Å². The quantitative estimate of drug-likeness (QED) is 0.250. The van der Waals surface area contributed by atoms with Crippen LogP contribution in [0.1, 0.15) is 22.3 Å². The minimum absolute atomic E-state index is 0.583. The first-order valence-corrected chi connectivity index (χ1v) is 12.7. The summed E-state index contributed by atoms with van der Waals surface area (Å²) in [6.45, 7) is 5.36. The molecule has 0 fully saturated rings. The molecule has 0 aliphatic rings. The Morgan fingerprint density at radius 2 is 0.842 bits per heavy atom. The highest BCUT2D eigenvalue weighted by atomic mass is 15.5. The Kier molecular flexibility index (Phi) is 6.36. The first-order chi connectivity index (χ1) is 18.7. The zero-order valence-electron chi connectivity index (χ0n) is 21.5. The van der Waals surface area contributed by atoms with Crippen LogP contribution >= 0.6 is 0 Å². The van der Waals surface area contributed by atoms with Crippen molar-refractivity contribution in [3.63, 3.8) is 0 Å². The predicted octanol–water partition coefficient (Wildman–Crippen LogP) is 6.58. The Balaban J connectivity index is 1.56. The zero-order chi connectivity index (χ0) is 25.9. The number of aromatic nitrogens is 6. The number of aryl methyl sites for hydroxylation is 2. The molecule has 2 aromatic heterocycles. The summed E-state index contributed by atoms with van der Waals surface area (Å²) in [5.74, 6) is 0. The van der Waals surface area contributed by atoms with E-state index in [4.69, 9.17) is 10.2 Å². The van der Waals surface area contributed by atoms with E-state index in [2.05, 4.69) is 97.1 Å². The van der Waals surface area contributed by atoms with Crippen LogP contribution < -0.4 is 0 Å². The normalized spacial score (nSPS) is 11.1. The number of nitrogens with zero attached hydrogens (tertiary/aromatic N) is 6. The van der Waals surface area contributed by atoms with Crippen LogP contribution in [0.5, 0.6) is 0 Å². The second kappa shape index (κ2) is 10.3. The molecule has 0 unspecified atom stereocenters. The summed E-state index contributed by atoms with van der Waals surface area (Å²) in [7, 11) is 0. The summed E-state index contributed by atoms with van der Waals surface area (Å²) < 4.78 is 3.95. The largest absolute Gasteiger partial charge is 0.238 e. The van der Waals surface area contributed by atoms with E-state index in [-0.39, 0.29) is 0 Å². The molecule has 186 valence electrons. The van der Waals surface area contributed by atoms with Gasteiger partial charge in [-0.05, 0) is 25.0 Å². The van der Waals surface area contributed by atoms with E-state index < -0.39 is 0 Å². The van der Waals surface area contributed by atoms with Gasteiger partial charge < -0.3 is 0 Å². The SMILES string of the molecule is Cc1ccc(Cn2nnc(-c3ccccc3)c2-c2c(-c3ccccc3)nnn2Cc2ccc(C)cc2)cc1. The van der Waals surface area contributed by atoms with Gasteiger partial charge in [0.1, 0.15) is 22.8 Å². The van der Waals surface area contributed by atoms with Gasteiger partial charge in [-0.2, -0.15) is 0 Å². The molecule has 0 spiro atoms. The van der Waals surface area contributed by atoms with Gasteiger partial charge >= 0.3 is 0 Å². The van der Waals surface area contributed by atoms with Crippen molar-refractivity contribution >= 4 is 0 Å². The number of rotatable bonds is 7. The molecule has 0 radical (unpaired) electrons. The molecule has 6 heteroatoms. The van der Waals surface area contributed by atoms with Crippen molar-refractivity contribution in [1.82, 2.24) is 30.0 Å². The lowest BCUT2D eigenvalue weighted by Gasteiger charge is -2.13. The van der Waals surface area contributed by atoms with E-state index in [1.807, 2.05) is 45.8 Å². The lowest BCUT2D eigenvalue weighted by molar-refractivity contribution is 0.630. The topological polar surface area (TPSA) is 61.4 Å². The molecule has 0 saturated carbocycles. The molecule has 6 rings (SSSR count). The second-order valence-corrected chi connectivity index (χ2v) is 9.59. The fourth-order valence-corrected chi connectivity index (χ4v) is 4.63. The molecule has 6 nitrogen and oxygen atoms in total. The standard InChI is InChI=1S/C32H28N6/c1-23-13-17-25(18-14-23)21-37-31(29(33-35-37)27-9-5-3-6-10-27)32-30(28-11-7-4-8-12-28)34-36-38(32)22-26-19-15-24(2)16-20-26/h3-20H,21-22H2,1-2H3. The minimum Gasteiger partial charge on any atom is -0.238 e. The van der Waals surface area contributed by atoms with Gasteiger partial charge in [-0.1, -0.05) is 131 Å². The second-order valence-electron chi connectivity index (χ2n) is 9.59. The van der Waals surface area contributed by atoms with Crippen LogP contribution in [0.3, 0.4) is 0 Å². The molecule has 0 aliphatic carbocycles. The van der Waals surface area contributed by atoms with Crippen molar-refractivity contribution in [1.29, 1.82) is 0 Å². The highest BCUT2D eigenvalue weighted by molar-refractivity contribution is 5.84. The van der Waals surface area contributed by atoms with Gasteiger partial charge in [-0.15, -0.1) is 10.2 Å². The molecule has 0 amide bonds. The van der Waals surface area contributed by atoms with Gasteiger partial charge in [-0.25, -0.2) is 9.36 Å². The van der Waals surface area contributed by atoms with Gasteiger partial charge in [0, 0.05) is 11.1 Å². The van der Waals surface area contributed by atoms with Crippen molar-refractivity contribution < 1.29 is 0 Å². The molecule has 2 heterocycles. The van der Waals surface area contributed by atoms with Crippen LogP contribution in [-0.4, -0.2) is 30.0 Å². The number of hydrogen-bond acceptors (Lipinski definition) is 4. The van der Waals surface area contributed by atoms with E-state index in [1.54, 1.807) is 0 Å². The van der Waals surface area contributed by atoms with Gasteiger partial charge in [0.2, 0.25) is 0 Å². The average molecular weight is 497 g/mol. The molecule has 0 N–H and O–H groups in total. The predicted molar refractivity (Wildman–Crippen MR) is 150 cm³/mol. The fourth-order valence-electron chi connectivity index (χ4n) is 4.63. The molecule has 0 atom stereocenters. The average Bonchev–Trinajstić information content (AvgIpc) is 3.55. The van der Waals surface area contributed by atoms with Gasteiger partial charge in [0.05, 0.1) is 13.1 Å². The first-order valence-electron chi connectivity index (χ1n) is 12.7. The monoisotopic (exact) mass is 496 g/mol. The highest BCUT2D eigenvalue weighted by Crippen LogP contribution is 2.36. The lowest BCUT2D eigenvalue weighted by Crippen LogP contribution is -2.10. The lowest BCUT2D eigenvalue weighted by atomic mass is 10.0. The number of hydrogen-bond donors (Lipinski definition) is 0. The van der Waals surface area contributed by atoms with Gasteiger partial charge in [0.15, 0.2) is 0 Å². The van der Waals surface area contributed by atoms with Crippen LogP contribution in [0.4, 0.5) is 0 Å². The molecule has 0 bridgehead atoms. The van der Waals surface area contributed by atoms with E-state index in [0.29, 0.717) is 13.1 Å². The van der Waals surface area contributed by atoms with Crippen molar-refractivity contribution in [2.24, 2.45) is 0 Å². The minimum atomic E-state index is 0.583. The van der Waals surface area contributed by atoms with E-state index >= 15 is 0 Å². The van der Waals surface area contributed by atoms with Crippen molar-refractivity contribution in [3.8, 4) is 33.9 Å². The maximum Gasteiger partial charge on any atom is 0.122 e. The van der Waals surface area contributed by atoms with E-state index in [0.717, 1.165) is 45.0 Å². The van der Waals surface area contributed by atoms with E-state index in [1.165, 1.54) is 11.1 Å². The van der Waals surface area contributed by atoms with Crippen molar-refractivity contribution in [2.45, 2.75) is 26.9 Å². The Morgan fingerprint density at radius 3 is 1.21 bits per heavy atom. The summed E-state index contributed by atoms with van der Waals surface area (Å²) in [6, 6.07) is 37.5. The third-order valence-electron chi connectivity index (χ3n) is 6.69.